The van der Waals surface area contributed by atoms with Crippen LogP contribution in [0.1, 0.15) is 10.6 Å². The number of fused-ring (bicyclic) bond motifs is 4. The van der Waals surface area contributed by atoms with E-state index in [4.69, 9.17) is 9.15 Å². The van der Waals surface area contributed by atoms with Gasteiger partial charge in [0.05, 0.1) is 30.6 Å². The Morgan fingerprint density at radius 3 is 2.80 bits per heavy atom. The van der Waals surface area contributed by atoms with E-state index in [1.165, 1.54) is 6.07 Å². The maximum Gasteiger partial charge on any atom is 0.289 e. The summed E-state index contributed by atoms with van der Waals surface area (Å²) in [5.41, 5.74) is 0.127. The highest BCUT2D eigenvalue weighted by Crippen LogP contribution is 2.22. The van der Waals surface area contributed by atoms with Crippen molar-refractivity contribution in [1.82, 2.24) is 9.80 Å². The molecule has 2 aliphatic heterocycles. The summed E-state index contributed by atoms with van der Waals surface area (Å²) < 4.78 is 11.2. The van der Waals surface area contributed by atoms with Crippen molar-refractivity contribution in [3.63, 3.8) is 0 Å². The number of likely N-dealkylation sites (N-methyl/N-ethyl adjacent to an activating group) is 1. The molecule has 0 N–H and O–H groups in total. The van der Waals surface area contributed by atoms with Crippen LogP contribution in [0.25, 0.3) is 11.0 Å². The van der Waals surface area contributed by atoms with E-state index in [1.54, 1.807) is 41.1 Å². The summed E-state index contributed by atoms with van der Waals surface area (Å²) in [6.45, 7) is 1.30. The van der Waals surface area contributed by atoms with Crippen molar-refractivity contribution in [3.05, 3.63) is 46.3 Å². The van der Waals surface area contributed by atoms with Crippen LogP contribution < -0.4 is 5.43 Å². The van der Waals surface area contributed by atoms with Crippen LogP contribution in [0.2, 0.25) is 0 Å². The number of hydrogen-bond acceptors (Lipinski definition) is 5. The molecule has 0 unspecified atom stereocenters. The average Bonchev–Trinajstić information content (AvgIpc) is 2.79. The third kappa shape index (κ3) is 2.70. The van der Waals surface area contributed by atoms with E-state index in [9.17, 15) is 14.4 Å². The molecule has 0 radical (unpaired) electrons. The first-order valence-electron chi connectivity index (χ1n) is 8.21. The van der Waals surface area contributed by atoms with Crippen LogP contribution in [0, 0.1) is 5.92 Å². The quantitative estimate of drug-likeness (QED) is 0.763. The minimum absolute atomic E-state index is 0.000283. The maximum atomic E-state index is 12.9. The summed E-state index contributed by atoms with van der Waals surface area (Å²) in [7, 11) is 1.73. The molecule has 2 atom stereocenters. The topological polar surface area (TPSA) is 80.1 Å². The Kier molecular flexibility index (Phi) is 3.80. The highest BCUT2D eigenvalue weighted by atomic mass is 16.5. The summed E-state index contributed by atoms with van der Waals surface area (Å²) in [6, 6.07) is 7.86. The largest absolute Gasteiger partial charge is 0.451 e. The molecule has 25 heavy (non-hydrogen) atoms. The first-order chi connectivity index (χ1) is 12.0. The molecule has 0 spiro atoms. The van der Waals surface area contributed by atoms with Gasteiger partial charge < -0.3 is 19.0 Å². The number of hydrogen-bond donors (Lipinski definition) is 0. The van der Waals surface area contributed by atoms with E-state index in [1.807, 2.05) is 0 Å². The highest BCUT2D eigenvalue weighted by Gasteiger charge is 2.39. The molecule has 2 aromatic rings. The summed E-state index contributed by atoms with van der Waals surface area (Å²) in [5.74, 6) is -0.783. The minimum Gasteiger partial charge on any atom is -0.451 e. The van der Waals surface area contributed by atoms with Crippen molar-refractivity contribution in [2.45, 2.75) is 6.04 Å². The van der Waals surface area contributed by atoms with Gasteiger partial charge in [-0.05, 0) is 12.1 Å². The number of carbonyl (C=O) groups is 2. The Bertz CT molecular complexity index is 906. The molecule has 1 aromatic carbocycles. The Morgan fingerprint density at radius 2 is 1.96 bits per heavy atom. The zero-order valence-corrected chi connectivity index (χ0v) is 13.8. The summed E-state index contributed by atoms with van der Waals surface area (Å²) in [6.07, 6.45) is 0. The second-order valence-electron chi connectivity index (χ2n) is 6.52. The number of para-hydroxylation sites is 1. The number of amides is 2. The Hall–Kier alpha value is -2.67. The molecule has 2 saturated heterocycles. The van der Waals surface area contributed by atoms with Gasteiger partial charge >= 0.3 is 0 Å². The molecule has 7 nitrogen and oxygen atoms in total. The predicted molar refractivity (Wildman–Crippen MR) is 89.3 cm³/mol. The zero-order chi connectivity index (χ0) is 17.6. The second kappa shape index (κ2) is 6.00. The lowest BCUT2D eigenvalue weighted by molar-refractivity contribution is -0.133. The van der Waals surface area contributed by atoms with Crippen LogP contribution in [-0.2, 0) is 9.53 Å². The summed E-state index contributed by atoms with van der Waals surface area (Å²) in [4.78, 5) is 40.8. The van der Waals surface area contributed by atoms with Gasteiger partial charge in [0.1, 0.15) is 5.58 Å². The van der Waals surface area contributed by atoms with Crippen molar-refractivity contribution in [2.24, 2.45) is 5.92 Å². The van der Waals surface area contributed by atoms with E-state index in [0.29, 0.717) is 30.7 Å². The molecule has 0 aliphatic carbocycles. The van der Waals surface area contributed by atoms with Gasteiger partial charge in [-0.2, -0.15) is 0 Å². The molecule has 1 aromatic heterocycles. The third-order valence-electron chi connectivity index (χ3n) is 4.88. The van der Waals surface area contributed by atoms with Gasteiger partial charge in [-0.1, -0.05) is 12.1 Å². The number of ether oxygens (including phenoxy) is 1. The molecule has 3 heterocycles. The lowest BCUT2D eigenvalue weighted by atomic mass is 10.1. The lowest BCUT2D eigenvalue weighted by Crippen LogP contribution is -2.45. The molecular formula is C18H18N2O5. The first kappa shape index (κ1) is 15.8. The Labute approximate surface area is 143 Å². The van der Waals surface area contributed by atoms with Crippen molar-refractivity contribution < 1.29 is 18.7 Å². The van der Waals surface area contributed by atoms with Gasteiger partial charge in [-0.15, -0.1) is 0 Å². The van der Waals surface area contributed by atoms with Crippen molar-refractivity contribution in [1.29, 1.82) is 0 Å². The SMILES string of the molecule is CN1C(=O)[C@H]2COC[C@@H]1CN(C(=O)c1cc(=O)c3ccccc3o1)C2. The van der Waals surface area contributed by atoms with Gasteiger partial charge in [-0.3, -0.25) is 14.4 Å². The fraction of sp³-hybridized carbons (Fsp3) is 0.389. The van der Waals surface area contributed by atoms with Crippen LogP contribution >= 0.6 is 0 Å². The van der Waals surface area contributed by atoms with E-state index in [-0.39, 0.29) is 35.6 Å². The van der Waals surface area contributed by atoms with E-state index < -0.39 is 5.92 Å². The van der Waals surface area contributed by atoms with Gasteiger partial charge in [-0.25, -0.2) is 0 Å². The number of nitrogens with zero attached hydrogens (tertiary/aromatic N) is 2. The molecule has 130 valence electrons. The standard InChI is InChI=1S/C18H18N2O5/c1-19-12-8-20(7-11(17(19)22)9-24-10-12)18(23)16-6-14(21)13-4-2-3-5-15(13)25-16/h2-6,11-12H,7-10H2,1H3/t11-,12+/m1/s1. The normalized spacial score (nSPS) is 23.6. The van der Waals surface area contributed by atoms with Gasteiger partial charge in [0.2, 0.25) is 5.91 Å². The smallest absolute Gasteiger partial charge is 0.289 e. The number of benzene rings is 1. The van der Waals surface area contributed by atoms with Crippen molar-refractivity contribution in [2.75, 3.05) is 33.4 Å². The monoisotopic (exact) mass is 342 g/mol. The maximum absolute atomic E-state index is 12.9. The van der Waals surface area contributed by atoms with Crippen LogP contribution in [-0.4, -0.2) is 61.0 Å². The molecule has 7 heteroatoms. The number of rotatable bonds is 1. The second-order valence-corrected chi connectivity index (χ2v) is 6.52. The highest BCUT2D eigenvalue weighted by molar-refractivity contribution is 5.94. The van der Waals surface area contributed by atoms with E-state index >= 15 is 0 Å². The molecule has 2 amide bonds. The van der Waals surface area contributed by atoms with Crippen LogP contribution in [0.3, 0.4) is 0 Å². The van der Waals surface area contributed by atoms with Crippen LogP contribution in [0.4, 0.5) is 0 Å². The fourth-order valence-corrected chi connectivity index (χ4v) is 3.43. The average molecular weight is 342 g/mol. The molecular weight excluding hydrogens is 324 g/mol. The lowest BCUT2D eigenvalue weighted by Gasteiger charge is -2.29. The summed E-state index contributed by atoms with van der Waals surface area (Å²) in [5, 5.41) is 0.440. The van der Waals surface area contributed by atoms with Crippen molar-refractivity contribution in [3.8, 4) is 0 Å². The molecule has 2 aliphatic rings. The Balaban J connectivity index is 1.69. The van der Waals surface area contributed by atoms with Gasteiger partial charge in [0.25, 0.3) is 5.91 Å². The fourth-order valence-electron chi connectivity index (χ4n) is 3.43. The van der Waals surface area contributed by atoms with Crippen LogP contribution in [0.15, 0.2) is 39.5 Å². The van der Waals surface area contributed by atoms with E-state index in [2.05, 4.69) is 0 Å². The molecule has 4 rings (SSSR count). The van der Waals surface area contributed by atoms with Gasteiger partial charge in [0, 0.05) is 26.2 Å². The number of carbonyl (C=O) groups excluding carboxylic acids is 2. The first-order valence-corrected chi connectivity index (χ1v) is 8.21. The Morgan fingerprint density at radius 1 is 1.16 bits per heavy atom. The van der Waals surface area contributed by atoms with Gasteiger partial charge in [0.15, 0.2) is 11.2 Å². The predicted octanol–water partition coefficient (Wildman–Crippen LogP) is 0.722. The third-order valence-corrected chi connectivity index (χ3v) is 4.88. The van der Waals surface area contributed by atoms with Crippen molar-refractivity contribution >= 4 is 22.8 Å². The molecule has 0 saturated carbocycles. The minimum atomic E-state index is -0.395. The van der Waals surface area contributed by atoms with Crippen LogP contribution in [0.5, 0.6) is 0 Å². The van der Waals surface area contributed by atoms with E-state index in [0.717, 1.165) is 0 Å². The molecule has 2 fully saturated rings. The summed E-state index contributed by atoms with van der Waals surface area (Å²) >= 11 is 0. The zero-order valence-electron chi connectivity index (χ0n) is 13.8. The molecule has 2 bridgehead atoms.